The van der Waals surface area contributed by atoms with Crippen molar-refractivity contribution in [1.82, 2.24) is 9.80 Å². The summed E-state index contributed by atoms with van der Waals surface area (Å²) < 4.78 is 0. The summed E-state index contributed by atoms with van der Waals surface area (Å²) in [6.45, 7) is 9.86. The van der Waals surface area contributed by atoms with Crippen LogP contribution in [0.3, 0.4) is 0 Å². The number of aryl methyl sites for hydroxylation is 1. The molecule has 0 spiro atoms. The van der Waals surface area contributed by atoms with Crippen LogP contribution in [0.1, 0.15) is 68.7 Å². The second-order valence-corrected chi connectivity index (χ2v) is 9.17. The molecule has 0 radical (unpaired) electrons. The van der Waals surface area contributed by atoms with Gasteiger partial charge in [0.2, 0.25) is 0 Å². The Balaban J connectivity index is 1.87. The second kappa shape index (κ2) is 12.5. The molecule has 1 amide bonds. The van der Waals surface area contributed by atoms with Crippen LogP contribution in [0.4, 0.5) is 0 Å². The molecule has 1 saturated heterocycles. The molecular formula is C29H38N2O3. The van der Waals surface area contributed by atoms with Crippen LogP contribution in [0.5, 0.6) is 0 Å². The molecular weight excluding hydrogens is 424 g/mol. The number of nitrogens with zero attached hydrogens (tertiary/aromatic N) is 2. The Kier molecular flexibility index (Phi) is 9.46. The van der Waals surface area contributed by atoms with Gasteiger partial charge in [0.05, 0.1) is 11.6 Å². The van der Waals surface area contributed by atoms with Gasteiger partial charge in [-0.05, 0) is 51.4 Å². The molecule has 1 fully saturated rings. The molecule has 0 bridgehead atoms. The summed E-state index contributed by atoms with van der Waals surface area (Å²) >= 11 is 0. The summed E-state index contributed by atoms with van der Waals surface area (Å²) in [7, 11) is 0. The fourth-order valence-electron chi connectivity index (χ4n) is 4.52. The highest BCUT2D eigenvalue weighted by Crippen LogP contribution is 2.39. The molecule has 2 aromatic rings. The Labute approximate surface area is 204 Å². The summed E-state index contributed by atoms with van der Waals surface area (Å²) in [5, 5.41) is 11.1. The normalized spacial score (nSPS) is 17.6. The molecule has 5 nitrogen and oxygen atoms in total. The van der Waals surface area contributed by atoms with E-state index in [4.69, 9.17) is 0 Å². The molecule has 1 aliphatic heterocycles. The molecule has 0 unspecified atom stereocenters. The molecule has 1 heterocycles. The lowest BCUT2D eigenvalue weighted by Gasteiger charge is -2.27. The van der Waals surface area contributed by atoms with E-state index >= 15 is 0 Å². The van der Waals surface area contributed by atoms with Gasteiger partial charge in [-0.15, -0.1) is 0 Å². The average Bonchev–Trinajstić information content (AvgIpc) is 3.11. The first-order valence-electron chi connectivity index (χ1n) is 12.6. The van der Waals surface area contributed by atoms with Crippen molar-refractivity contribution in [3.63, 3.8) is 0 Å². The van der Waals surface area contributed by atoms with Crippen molar-refractivity contribution in [2.24, 2.45) is 0 Å². The van der Waals surface area contributed by atoms with Crippen molar-refractivity contribution in [1.29, 1.82) is 0 Å². The molecule has 34 heavy (non-hydrogen) atoms. The van der Waals surface area contributed by atoms with E-state index in [1.807, 2.05) is 49.4 Å². The number of aliphatic hydroxyl groups excluding tert-OH is 1. The monoisotopic (exact) mass is 462 g/mol. The zero-order valence-corrected chi connectivity index (χ0v) is 20.8. The predicted octanol–water partition coefficient (Wildman–Crippen LogP) is 5.71. The molecule has 1 N–H and O–H groups in total. The van der Waals surface area contributed by atoms with Gasteiger partial charge >= 0.3 is 0 Å². The quantitative estimate of drug-likeness (QED) is 0.249. The largest absolute Gasteiger partial charge is 0.507 e. The molecule has 3 rings (SSSR count). The van der Waals surface area contributed by atoms with E-state index < -0.39 is 17.7 Å². The number of likely N-dealkylation sites (tertiary alicyclic amines) is 1. The lowest BCUT2D eigenvalue weighted by Crippen LogP contribution is -2.34. The zero-order valence-electron chi connectivity index (χ0n) is 20.8. The lowest BCUT2D eigenvalue weighted by molar-refractivity contribution is -0.140. The Morgan fingerprint density at radius 2 is 1.47 bits per heavy atom. The number of Topliss-reactive ketones (excluding diaryl/α,β-unsaturated/α-hetero) is 1. The van der Waals surface area contributed by atoms with Gasteiger partial charge in [0.15, 0.2) is 0 Å². The van der Waals surface area contributed by atoms with Gasteiger partial charge in [-0.3, -0.25) is 9.59 Å². The van der Waals surface area contributed by atoms with Crippen molar-refractivity contribution in [3.8, 4) is 0 Å². The maximum Gasteiger partial charge on any atom is 0.295 e. The summed E-state index contributed by atoms with van der Waals surface area (Å²) in [6, 6.07) is 16.3. The number of amides is 1. The molecule has 1 aliphatic rings. The lowest BCUT2D eigenvalue weighted by atomic mass is 9.95. The fraction of sp³-hybridized carbons (Fsp3) is 0.448. The number of aliphatic hydroxyl groups is 1. The van der Waals surface area contributed by atoms with Crippen molar-refractivity contribution >= 4 is 17.4 Å². The van der Waals surface area contributed by atoms with Gasteiger partial charge in [-0.1, -0.05) is 86.8 Å². The smallest absolute Gasteiger partial charge is 0.295 e. The first kappa shape index (κ1) is 25.7. The van der Waals surface area contributed by atoms with Crippen LogP contribution < -0.4 is 0 Å². The Bertz CT molecular complexity index is 974. The van der Waals surface area contributed by atoms with Crippen LogP contribution in [0.15, 0.2) is 60.2 Å². The van der Waals surface area contributed by atoms with Crippen LogP contribution in [-0.4, -0.2) is 52.8 Å². The van der Waals surface area contributed by atoms with E-state index in [9.17, 15) is 14.7 Å². The Morgan fingerprint density at radius 3 is 2.06 bits per heavy atom. The highest BCUT2D eigenvalue weighted by molar-refractivity contribution is 6.46. The molecule has 1 atom stereocenters. The van der Waals surface area contributed by atoms with E-state index in [0.29, 0.717) is 12.1 Å². The highest BCUT2D eigenvalue weighted by atomic mass is 16.3. The average molecular weight is 463 g/mol. The first-order valence-corrected chi connectivity index (χ1v) is 12.6. The van der Waals surface area contributed by atoms with Gasteiger partial charge in [0.25, 0.3) is 11.7 Å². The van der Waals surface area contributed by atoms with Gasteiger partial charge in [0.1, 0.15) is 5.76 Å². The number of rotatable bonds is 12. The van der Waals surface area contributed by atoms with Gasteiger partial charge in [-0.25, -0.2) is 0 Å². The summed E-state index contributed by atoms with van der Waals surface area (Å²) in [6.07, 6.45) is 5.42. The third-order valence-corrected chi connectivity index (χ3v) is 6.51. The molecule has 2 aromatic carbocycles. The van der Waals surface area contributed by atoms with E-state index in [2.05, 4.69) is 18.7 Å². The zero-order chi connectivity index (χ0) is 24.5. The van der Waals surface area contributed by atoms with Crippen LogP contribution in [0.25, 0.3) is 5.76 Å². The fourth-order valence-corrected chi connectivity index (χ4v) is 4.52. The van der Waals surface area contributed by atoms with E-state index in [-0.39, 0.29) is 11.3 Å². The Morgan fingerprint density at radius 1 is 0.882 bits per heavy atom. The minimum Gasteiger partial charge on any atom is -0.507 e. The number of hydrogen-bond acceptors (Lipinski definition) is 4. The number of unbranched alkanes of at least 4 members (excludes halogenated alkanes) is 2. The maximum atomic E-state index is 13.1. The van der Waals surface area contributed by atoms with Crippen LogP contribution >= 0.6 is 0 Å². The van der Waals surface area contributed by atoms with Crippen LogP contribution in [-0.2, 0) is 9.59 Å². The van der Waals surface area contributed by atoms with Crippen LogP contribution in [0, 0.1) is 6.92 Å². The molecule has 0 aromatic heterocycles. The first-order chi connectivity index (χ1) is 16.5. The maximum absolute atomic E-state index is 13.1. The topological polar surface area (TPSA) is 60.9 Å². The number of carbonyl (C=O) groups is 2. The molecule has 0 aliphatic carbocycles. The van der Waals surface area contributed by atoms with Gasteiger partial charge < -0.3 is 14.9 Å². The molecule has 5 heteroatoms. The van der Waals surface area contributed by atoms with Crippen molar-refractivity contribution in [2.45, 2.75) is 58.9 Å². The number of ketones is 1. The number of benzene rings is 2. The van der Waals surface area contributed by atoms with Gasteiger partial charge in [-0.2, -0.15) is 0 Å². The predicted molar refractivity (Wildman–Crippen MR) is 138 cm³/mol. The third-order valence-electron chi connectivity index (χ3n) is 6.51. The summed E-state index contributed by atoms with van der Waals surface area (Å²) in [4.78, 5) is 30.4. The number of hydrogen-bond donors (Lipinski definition) is 1. The van der Waals surface area contributed by atoms with Crippen molar-refractivity contribution in [2.75, 3.05) is 26.2 Å². The van der Waals surface area contributed by atoms with E-state index in [1.54, 1.807) is 17.0 Å². The molecule has 182 valence electrons. The van der Waals surface area contributed by atoms with Crippen molar-refractivity contribution in [3.05, 3.63) is 76.9 Å². The Hall–Kier alpha value is -2.92. The van der Waals surface area contributed by atoms with Crippen LogP contribution in [0.2, 0.25) is 0 Å². The van der Waals surface area contributed by atoms with E-state index in [0.717, 1.165) is 62.9 Å². The van der Waals surface area contributed by atoms with Gasteiger partial charge in [0, 0.05) is 12.1 Å². The number of carbonyl (C=O) groups excluding carboxylic acids is 2. The SMILES string of the molecule is CCCCN(CCCC)CCCN1C(=O)C(=O)C(=C(O)c2ccc(C)cc2)[C@H]1c1ccccc1. The van der Waals surface area contributed by atoms with E-state index in [1.165, 1.54) is 0 Å². The highest BCUT2D eigenvalue weighted by Gasteiger charge is 2.45. The minimum atomic E-state index is -0.610. The summed E-state index contributed by atoms with van der Waals surface area (Å²) in [5.74, 6) is -1.25. The third kappa shape index (κ3) is 6.15. The molecule has 0 saturated carbocycles. The van der Waals surface area contributed by atoms with Crippen molar-refractivity contribution < 1.29 is 14.7 Å². The second-order valence-electron chi connectivity index (χ2n) is 9.17. The standard InChI is InChI=1S/C29H38N2O3/c1-4-6-18-30(19-7-5-2)20-11-21-31-26(23-12-9-8-10-13-23)25(28(33)29(31)34)27(32)24-16-14-22(3)15-17-24/h8-10,12-17,26,32H,4-7,11,18-21H2,1-3H3/t26-/m1/s1. The minimum absolute atomic E-state index is 0.109. The summed E-state index contributed by atoms with van der Waals surface area (Å²) in [5.41, 5.74) is 2.63.